The van der Waals surface area contributed by atoms with Crippen molar-refractivity contribution in [3.05, 3.63) is 56.5 Å². The van der Waals surface area contributed by atoms with E-state index in [-0.39, 0.29) is 34.0 Å². The van der Waals surface area contributed by atoms with E-state index in [1.807, 2.05) is 0 Å². The van der Waals surface area contributed by atoms with Gasteiger partial charge in [-0.1, -0.05) is 19.1 Å². The van der Waals surface area contributed by atoms with Gasteiger partial charge < -0.3 is 36.1 Å². The van der Waals surface area contributed by atoms with Crippen LogP contribution in [-0.4, -0.2) is 86.9 Å². The zero-order valence-corrected chi connectivity index (χ0v) is 27.9. The molecule has 0 saturated carbocycles. The lowest BCUT2D eigenvalue weighted by Crippen LogP contribution is -2.45. The highest BCUT2D eigenvalue weighted by Gasteiger charge is 2.32. The number of carbonyl (C=O) groups excluding carboxylic acids is 7. The zero-order chi connectivity index (χ0) is 35.3. The second kappa shape index (κ2) is 17.7. The Morgan fingerprint density at radius 1 is 0.809 bits per heavy atom. The maximum Gasteiger partial charge on any atom is 0.408 e. The molecule has 256 valence electrons. The standard InChI is InChI=1S/C31H40FN5O9S/c1-7-20(18-8-10-19(32)11-9-18)25(41)27-24(29(43)45-6)17(2)26(47-27)28(42)34-13-12-33-21(38)14-35-22(39)15-36-23(40)16-37-30(44)46-31(3,4)5/h8-11,20H,7,12-16H2,1-6H3,(H,33,38)(H,34,42)(H,35,39)(H,36,40)(H,37,44). The van der Waals surface area contributed by atoms with Gasteiger partial charge in [-0.3, -0.25) is 24.0 Å². The summed E-state index contributed by atoms with van der Waals surface area (Å²) in [6.07, 6.45) is -0.420. The summed E-state index contributed by atoms with van der Waals surface area (Å²) in [6, 6.07) is 5.49. The van der Waals surface area contributed by atoms with Gasteiger partial charge in [-0.15, -0.1) is 11.3 Å². The second-order valence-corrected chi connectivity index (χ2v) is 12.2. The van der Waals surface area contributed by atoms with E-state index in [9.17, 15) is 38.0 Å². The van der Waals surface area contributed by atoms with Crippen LogP contribution in [0.3, 0.4) is 0 Å². The Balaban J connectivity index is 1.86. The molecule has 0 aliphatic heterocycles. The van der Waals surface area contributed by atoms with Gasteiger partial charge in [0.1, 0.15) is 18.0 Å². The lowest BCUT2D eigenvalue weighted by Gasteiger charge is -2.19. The van der Waals surface area contributed by atoms with Gasteiger partial charge in [0.25, 0.3) is 5.91 Å². The highest BCUT2D eigenvalue weighted by atomic mass is 32.1. The molecule has 0 aliphatic rings. The molecule has 5 N–H and O–H groups in total. The predicted molar refractivity (Wildman–Crippen MR) is 170 cm³/mol. The lowest BCUT2D eigenvalue weighted by atomic mass is 9.90. The normalized spacial score (nSPS) is 11.5. The minimum Gasteiger partial charge on any atom is -0.465 e. The summed E-state index contributed by atoms with van der Waals surface area (Å²) in [7, 11) is 1.17. The SMILES string of the molecule is CCC(C(=O)c1sc(C(=O)NCCNC(=O)CNC(=O)CNC(=O)CNC(=O)OC(C)(C)C)c(C)c1C(=O)OC)c1ccc(F)cc1. The fraction of sp³-hybridized carbons (Fsp3) is 0.452. The average Bonchev–Trinajstić information content (AvgIpc) is 3.36. The van der Waals surface area contributed by atoms with Crippen molar-refractivity contribution in [2.24, 2.45) is 0 Å². The van der Waals surface area contributed by atoms with E-state index >= 15 is 0 Å². The Morgan fingerprint density at radius 2 is 1.34 bits per heavy atom. The van der Waals surface area contributed by atoms with E-state index in [1.165, 1.54) is 38.3 Å². The van der Waals surface area contributed by atoms with Gasteiger partial charge in [-0.05, 0) is 57.4 Å². The fourth-order valence-electron chi connectivity index (χ4n) is 4.15. The summed E-state index contributed by atoms with van der Waals surface area (Å²) in [5.41, 5.74) is 0.0730. The molecule has 0 spiro atoms. The Kier molecular flexibility index (Phi) is 14.5. The monoisotopic (exact) mass is 677 g/mol. The molecule has 14 nitrogen and oxygen atoms in total. The third kappa shape index (κ3) is 12.1. The molecular weight excluding hydrogens is 637 g/mol. The molecule has 16 heteroatoms. The number of halogens is 1. The predicted octanol–water partition coefficient (Wildman–Crippen LogP) is 1.96. The van der Waals surface area contributed by atoms with Gasteiger partial charge in [0.2, 0.25) is 17.7 Å². The van der Waals surface area contributed by atoms with Gasteiger partial charge in [0, 0.05) is 19.0 Å². The van der Waals surface area contributed by atoms with Crippen LogP contribution in [-0.2, 0) is 23.9 Å². The topological polar surface area (TPSA) is 198 Å². The van der Waals surface area contributed by atoms with Crippen LogP contribution in [0.15, 0.2) is 24.3 Å². The summed E-state index contributed by atoms with van der Waals surface area (Å²) < 4.78 is 23.3. The second-order valence-electron chi connectivity index (χ2n) is 11.1. The molecule has 0 aliphatic carbocycles. The number of esters is 1. The van der Waals surface area contributed by atoms with E-state index < -0.39 is 78.4 Å². The Labute approximate surface area is 275 Å². The molecule has 0 saturated heterocycles. The molecule has 47 heavy (non-hydrogen) atoms. The van der Waals surface area contributed by atoms with Gasteiger partial charge >= 0.3 is 12.1 Å². The molecule has 1 aromatic carbocycles. The summed E-state index contributed by atoms with van der Waals surface area (Å²) >= 11 is 0.848. The Hall–Kier alpha value is -4.86. The number of Topliss-reactive ketones (excluding diaryl/α,β-unsaturated/α-hetero) is 1. The van der Waals surface area contributed by atoms with Crippen LogP contribution in [0.2, 0.25) is 0 Å². The summed E-state index contributed by atoms with van der Waals surface area (Å²) in [5, 5.41) is 12.0. The van der Waals surface area contributed by atoms with Crippen molar-refractivity contribution in [3.8, 4) is 0 Å². The third-order valence-corrected chi connectivity index (χ3v) is 7.69. The quantitative estimate of drug-likeness (QED) is 0.106. The number of ketones is 1. The molecule has 1 aromatic heterocycles. The smallest absolute Gasteiger partial charge is 0.408 e. The molecule has 0 fully saturated rings. The summed E-state index contributed by atoms with van der Waals surface area (Å²) in [6.45, 7) is 7.05. The number of alkyl carbamates (subject to hydrolysis) is 1. The van der Waals surface area contributed by atoms with Gasteiger partial charge in [-0.2, -0.15) is 0 Å². The number of nitrogens with one attached hydrogen (secondary N) is 5. The maximum absolute atomic E-state index is 13.6. The number of rotatable bonds is 15. The van der Waals surface area contributed by atoms with Crippen LogP contribution in [0, 0.1) is 12.7 Å². The van der Waals surface area contributed by atoms with Crippen LogP contribution in [0.25, 0.3) is 0 Å². The Bertz CT molecular complexity index is 1490. The number of benzene rings is 1. The molecule has 1 heterocycles. The minimum absolute atomic E-state index is 0.00391. The van der Waals surface area contributed by atoms with E-state index in [2.05, 4.69) is 26.6 Å². The highest BCUT2D eigenvalue weighted by Crippen LogP contribution is 2.34. The molecule has 1 atom stereocenters. The first kappa shape index (κ1) is 38.3. The van der Waals surface area contributed by atoms with Crippen molar-refractivity contribution in [1.82, 2.24) is 26.6 Å². The van der Waals surface area contributed by atoms with Crippen molar-refractivity contribution in [2.45, 2.75) is 52.6 Å². The van der Waals surface area contributed by atoms with E-state index in [0.29, 0.717) is 12.0 Å². The van der Waals surface area contributed by atoms with Crippen LogP contribution in [0.5, 0.6) is 0 Å². The van der Waals surface area contributed by atoms with Crippen molar-refractivity contribution in [1.29, 1.82) is 0 Å². The van der Waals surface area contributed by atoms with E-state index in [1.54, 1.807) is 27.7 Å². The fourth-order valence-corrected chi connectivity index (χ4v) is 5.35. The average molecular weight is 678 g/mol. The molecule has 5 amide bonds. The summed E-state index contributed by atoms with van der Waals surface area (Å²) in [5.74, 6) is -4.74. The first-order chi connectivity index (χ1) is 22.1. The number of carbonyl (C=O) groups is 7. The molecule has 0 bridgehead atoms. The first-order valence-corrected chi connectivity index (χ1v) is 15.5. The van der Waals surface area contributed by atoms with Gasteiger partial charge in [0.15, 0.2) is 5.78 Å². The van der Waals surface area contributed by atoms with Crippen LogP contribution < -0.4 is 26.6 Å². The largest absolute Gasteiger partial charge is 0.465 e. The van der Waals surface area contributed by atoms with Gasteiger partial charge in [-0.25, -0.2) is 14.0 Å². The van der Waals surface area contributed by atoms with E-state index in [0.717, 1.165) is 11.3 Å². The number of amides is 5. The maximum atomic E-state index is 13.6. The van der Waals surface area contributed by atoms with Crippen LogP contribution in [0.4, 0.5) is 9.18 Å². The van der Waals surface area contributed by atoms with Gasteiger partial charge in [0.05, 0.1) is 35.5 Å². The molecular formula is C31H40FN5O9S. The number of hydrogen-bond acceptors (Lipinski definition) is 10. The third-order valence-electron chi connectivity index (χ3n) is 6.38. The summed E-state index contributed by atoms with van der Waals surface area (Å²) in [4.78, 5) is 86.8. The molecule has 2 aromatic rings. The first-order valence-electron chi connectivity index (χ1n) is 14.6. The van der Waals surface area contributed by atoms with Crippen molar-refractivity contribution < 1.29 is 47.4 Å². The molecule has 2 rings (SSSR count). The number of ether oxygens (including phenoxy) is 2. The van der Waals surface area contributed by atoms with Crippen LogP contribution >= 0.6 is 11.3 Å². The van der Waals surface area contributed by atoms with Crippen molar-refractivity contribution in [2.75, 3.05) is 39.8 Å². The number of thiophene rings is 1. The van der Waals surface area contributed by atoms with Crippen molar-refractivity contribution >= 4 is 52.8 Å². The van der Waals surface area contributed by atoms with Crippen molar-refractivity contribution in [3.63, 3.8) is 0 Å². The lowest BCUT2D eigenvalue weighted by molar-refractivity contribution is -0.127. The number of hydrogen-bond donors (Lipinski definition) is 5. The number of methoxy groups -OCH3 is 1. The minimum atomic E-state index is -0.787. The Morgan fingerprint density at radius 3 is 1.87 bits per heavy atom. The highest BCUT2D eigenvalue weighted by molar-refractivity contribution is 7.16. The van der Waals surface area contributed by atoms with E-state index in [4.69, 9.17) is 9.47 Å². The van der Waals surface area contributed by atoms with Crippen LogP contribution in [0.1, 0.15) is 80.9 Å². The molecule has 1 unspecified atom stereocenters. The molecule has 0 radical (unpaired) electrons. The zero-order valence-electron chi connectivity index (χ0n) is 27.1.